The van der Waals surface area contributed by atoms with Crippen molar-refractivity contribution in [2.24, 2.45) is 5.73 Å². The van der Waals surface area contributed by atoms with Gasteiger partial charge in [-0.3, -0.25) is 4.68 Å². The summed E-state index contributed by atoms with van der Waals surface area (Å²) in [4.78, 5) is 12.7. The van der Waals surface area contributed by atoms with E-state index >= 15 is 0 Å². The van der Waals surface area contributed by atoms with Crippen molar-refractivity contribution in [1.82, 2.24) is 9.78 Å². The largest absolute Gasteiger partial charge is 0.496 e. The van der Waals surface area contributed by atoms with Gasteiger partial charge >= 0.3 is 5.97 Å². The van der Waals surface area contributed by atoms with E-state index in [9.17, 15) is 10.1 Å². The number of rotatable bonds is 6. The predicted octanol–water partition coefficient (Wildman–Crippen LogP) is 3.24. The highest BCUT2D eigenvalue weighted by molar-refractivity contribution is 6.30. The first-order valence-corrected chi connectivity index (χ1v) is 9.57. The van der Waals surface area contributed by atoms with Gasteiger partial charge in [0.25, 0.3) is 0 Å². The summed E-state index contributed by atoms with van der Waals surface area (Å²) in [6.07, 6.45) is 3.23. The standard InChI is InChI=1S/C21H21ClN4O4/c1-4-29-21(27)18-12(2)30-20(24)16(8-23)19(18)13-5-6-17(28-3)14(7-13)10-26-11-15(22)9-25-26/h5-7,9,11,19H,4,10,24H2,1-3H3. The number of benzene rings is 1. The molecule has 156 valence electrons. The Kier molecular flexibility index (Phi) is 6.33. The molecule has 0 aliphatic carbocycles. The van der Waals surface area contributed by atoms with Gasteiger partial charge in [0.05, 0.1) is 43.0 Å². The van der Waals surface area contributed by atoms with Gasteiger partial charge in [0.2, 0.25) is 5.88 Å². The van der Waals surface area contributed by atoms with Crippen LogP contribution in [-0.2, 0) is 20.8 Å². The van der Waals surface area contributed by atoms with Crippen molar-refractivity contribution >= 4 is 17.6 Å². The molecule has 0 spiro atoms. The van der Waals surface area contributed by atoms with Crippen LogP contribution in [0.5, 0.6) is 5.75 Å². The van der Waals surface area contributed by atoms with Crippen molar-refractivity contribution in [3.8, 4) is 11.8 Å². The summed E-state index contributed by atoms with van der Waals surface area (Å²) < 4.78 is 17.8. The summed E-state index contributed by atoms with van der Waals surface area (Å²) in [7, 11) is 1.57. The van der Waals surface area contributed by atoms with Crippen LogP contribution in [0.3, 0.4) is 0 Å². The van der Waals surface area contributed by atoms with E-state index in [-0.39, 0.29) is 23.6 Å². The second-order valence-corrected chi connectivity index (χ2v) is 6.98. The van der Waals surface area contributed by atoms with E-state index in [1.807, 2.05) is 6.07 Å². The number of halogens is 1. The van der Waals surface area contributed by atoms with Crippen LogP contribution >= 0.6 is 11.6 Å². The van der Waals surface area contributed by atoms with Crippen LogP contribution in [0.4, 0.5) is 0 Å². The Morgan fingerprint density at radius 3 is 2.83 bits per heavy atom. The number of hydrogen-bond donors (Lipinski definition) is 1. The number of hydrogen-bond acceptors (Lipinski definition) is 7. The van der Waals surface area contributed by atoms with Gasteiger partial charge in [0.1, 0.15) is 23.2 Å². The minimum atomic E-state index is -0.728. The summed E-state index contributed by atoms with van der Waals surface area (Å²) >= 11 is 5.96. The first kappa shape index (κ1) is 21.3. The zero-order chi connectivity index (χ0) is 21.8. The van der Waals surface area contributed by atoms with E-state index in [2.05, 4.69) is 11.2 Å². The SMILES string of the molecule is CCOC(=O)C1=C(C)OC(N)=C(C#N)C1c1ccc(OC)c(Cn2cc(Cl)cn2)c1. The Morgan fingerprint density at radius 2 is 2.23 bits per heavy atom. The molecule has 0 saturated carbocycles. The van der Waals surface area contributed by atoms with Crippen LogP contribution < -0.4 is 10.5 Å². The first-order valence-electron chi connectivity index (χ1n) is 9.19. The van der Waals surface area contributed by atoms with E-state index in [1.165, 1.54) is 0 Å². The summed E-state index contributed by atoms with van der Waals surface area (Å²) in [5, 5.41) is 14.4. The van der Waals surface area contributed by atoms with Crippen LogP contribution in [-0.4, -0.2) is 29.5 Å². The molecule has 30 heavy (non-hydrogen) atoms. The Labute approximate surface area is 179 Å². The molecule has 2 N–H and O–H groups in total. The molecular weight excluding hydrogens is 408 g/mol. The molecule has 0 amide bonds. The number of nitrogens with zero attached hydrogens (tertiary/aromatic N) is 3. The number of ether oxygens (including phenoxy) is 3. The monoisotopic (exact) mass is 428 g/mol. The maximum absolute atomic E-state index is 12.7. The highest BCUT2D eigenvalue weighted by Crippen LogP contribution is 2.40. The maximum atomic E-state index is 12.7. The van der Waals surface area contributed by atoms with Crippen LogP contribution in [0.2, 0.25) is 5.02 Å². The van der Waals surface area contributed by atoms with Crippen LogP contribution in [0.15, 0.2) is 53.4 Å². The summed E-state index contributed by atoms with van der Waals surface area (Å²) in [5.74, 6) is -0.396. The number of allylic oxidation sites excluding steroid dienone is 2. The molecule has 1 aromatic heterocycles. The Balaban J connectivity index is 2.12. The molecule has 0 saturated heterocycles. The van der Waals surface area contributed by atoms with Gasteiger partial charge in [0, 0.05) is 11.8 Å². The molecule has 1 atom stereocenters. The zero-order valence-corrected chi connectivity index (χ0v) is 17.6. The molecule has 3 rings (SSSR count). The second-order valence-electron chi connectivity index (χ2n) is 6.54. The first-order chi connectivity index (χ1) is 14.4. The number of carbonyl (C=O) groups excluding carboxylic acids is 1. The van der Waals surface area contributed by atoms with Gasteiger partial charge in [-0.1, -0.05) is 17.7 Å². The smallest absolute Gasteiger partial charge is 0.338 e. The molecule has 9 heteroatoms. The minimum Gasteiger partial charge on any atom is -0.496 e. The van der Waals surface area contributed by atoms with E-state index in [0.717, 1.165) is 5.56 Å². The van der Waals surface area contributed by atoms with E-state index in [4.69, 9.17) is 31.5 Å². The quantitative estimate of drug-likeness (QED) is 0.702. The number of methoxy groups -OCH3 is 1. The third-order valence-electron chi connectivity index (χ3n) is 4.67. The Morgan fingerprint density at radius 1 is 1.47 bits per heavy atom. The lowest BCUT2D eigenvalue weighted by Crippen LogP contribution is -2.25. The van der Waals surface area contributed by atoms with Gasteiger partial charge in [0.15, 0.2) is 0 Å². The fourth-order valence-corrected chi connectivity index (χ4v) is 3.55. The van der Waals surface area contributed by atoms with Gasteiger partial charge in [-0.25, -0.2) is 4.79 Å². The molecule has 2 aromatic rings. The summed E-state index contributed by atoms with van der Waals surface area (Å²) in [6.45, 7) is 3.90. The molecule has 1 aliphatic rings. The number of nitriles is 1. The molecule has 1 unspecified atom stereocenters. The second kappa shape index (κ2) is 8.93. The highest BCUT2D eigenvalue weighted by Gasteiger charge is 2.36. The van der Waals surface area contributed by atoms with E-state index in [1.54, 1.807) is 50.2 Å². The van der Waals surface area contributed by atoms with E-state index in [0.29, 0.717) is 28.6 Å². The van der Waals surface area contributed by atoms with E-state index < -0.39 is 11.9 Å². The molecule has 0 radical (unpaired) electrons. The highest BCUT2D eigenvalue weighted by atomic mass is 35.5. The van der Waals surface area contributed by atoms with Crippen LogP contribution in [0.1, 0.15) is 30.9 Å². The van der Waals surface area contributed by atoms with Crippen molar-refractivity contribution in [2.75, 3.05) is 13.7 Å². The molecule has 0 bridgehead atoms. The normalized spacial score (nSPS) is 16.2. The van der Waals surface area contributed by atoms with Gasteiger partial charge in [-0.15, -0.1) is 0 Å². The fourth-order valence-electron chi connectivity index (χ4n) is 3.39. The average molecular weight is 429 g/mol. The fraction of sp³-hybridized carbons (Fsp3) is 0.286. The van der Waals surface area contributed by atoms with Gasteiger partial charge in [-0.2, -0.15) is 10.4 Å². The molecule has 1 aromatic carbocycles. The Bertz CT molecular complexity index is 1080. The third-order valence-corrected chi connectivity index (χ3v) is 4.87. The average Bonchev–Trinajstić information content (AvgIpc) is 3.12. The van der Waals surface area contributed by atoms with Crippen LogP contribution in [0.25, 0.3) is 0 Å². The van der Waals surface area contributed by atoms with Gasteiger partial charge < -0.3 is 19.9 Å². The summed E-state index contributed by atoms with van der Waals surface area (Å²) in [6, 6.07) is 7.48. The lowest BCUT2D eigenvalue weighted by Gasteiger charge is -2.27. The lowest BCUT2D eigenvalue weighted by molar-refractivity contribution is -0.139. The summed E-state index contributed by atoms with van der Waals surface area (Å²) in [5.41, 5.74) is 7.80. The minimum absolute atomic E-state index is 0.0377. The molecule has 8 nitrogen and oxygen atoms in total. The topological polar surface area (TPSA) is 112 Å². The third kappa shape index (κ3) is 4.11. The van der Waals surface area contributed by atoms with Gasteiger partial charge in [-0.05, 0) is 31.5 Å². The van der Waals surface area contributed by atoms with Crippen LogP contribution in [0, 0.1) is 11.3 Å². The maximum Gasteiger partial charge on any atom is 0.338 e. The van der Waals surface area contributed by atoms with Crippen molar-refractivity contribution in [3.63, 3.8) is 0 Å². The Hall–Kier alpha value is -3.44. The predicted molar refractivity (Wildman–Crippen MR) is 109 cm³/mol. The van der Waals surface area contributed by atoms with Crippen molar-refractivity contribution in [3.05, 3.63) is 69.5 Å². The van der Waals surface area contributed by atoms with Crippen molar-refractivity contribution < 1.29 is 19.0 Å². The molecular formula is C21H21ClN4O4. The van der Waals surface area contributed by atoms with Crippen molar-refractivity contribution in [2.45, 2.75) is 26.3 Å². The number of carbonyl (C=O) groups is 1. The number of aromatic nitrogens is 2. The lowest BCUT2D eigenvalue weighted by atomic mass is 9.82. The molecule has 2 heterocycles. The zero-order valence-electron chi connectivity index (χ0n) is 16.8. The molecule has 1 aliphatic heterocycles. The molecule has 0 fully saturated rings. The number of esters is 1. The number of nitrogens with two attached hydrogens (primary N) is 1. The van der Waals surface area contributed by atoms with Crippen molar-refractivity contribution in [1.29, 1.82) is 5.26 Å².